The summed E-state index contributed by atoms with van der Waals surface area (Å²) in [6.45, 7) is 5.81. The monoisotopic (exact) mass is 305 g/mol. The Hall–Kier alpha value is -1.33. The van der Waals surface area contributed by atoms with Crippen molar-refractivity contribution in [2.24, 2.45) is 5.92 Å². The number of rotatable bonds is 4. The molecular weight excluding hydrogens is 278 g/mol. The predicted octanol–water partition coefficient (Wildman–Crippen LogP) is 1.50. The van der Waals surface area contributed by atoms with Crippen LogP contribution in [-0.4, -0.2) is 64.6 Å². The summed E-state index contributed by atoms with van der Waals surface area (Å²) in [5, 5.41) is 10.2. The van der Waals surface area contributed by atoms with Gasteiger partial charge >= 0.3 is 0 Å². The smallest absolute Gasteiger partial charge is 0.270 e. The van der Waals surface area contributed by atoms with Gasteiger partial charge in [-0.05, 0) is 37.3 Å². The lowest BCUT2D eigenvalue weighted by Crippen LogP contribution is -2.38. The molecule has 1 saturated heterocycles. The molecule has 1 amide bonds. The summed E-state index contributed by atoms with van der Waals surface area (Å²) in [5.74, 6) is 0.800. The molecule has 1 aromatic heterocycles. The third-order valence-electron chi connectivity index (χ3n) is 4.97. The summed E-state index contributed by atoms with van der Waals surface area (Å²) in [4.78, 5) is 19.9. The Kier molecular flexibility index (Phi) is 4.84. The maximum absolute atomic E-state index is 12.6. The molecule has 2 fully saturated rings. The fourth-order valence-corrected chi connectivity index (χ4v) is 3.39. The molecule has 5 nitrogen and oxygen atoms in total. The summed E-state index contributed by atoms with van der Waals surface area (Å²) >= 11 is 0. The number of aryl methyl sites for hydroxylation is 1. The average Bonchev–Trinajstić information content (AvgIpc) is 2.86. The maximum atomic E-state index is 12.6. The Morgan fingerprint density at radius 2 is 2.14 bits per heavy atom. The number of β-amino-alcohol motifs (C(OH)–C–C–N with tert-alkyl or cyclic N) is 1. The molecule has 122 valence electrons. The van der Waals surface area contributed by atoms with Crippen molar-refractivity contribution in [1.29, 1.82) is 0 Å². The van der Waals surface area contributed by atoms with E-state index in [1.54, 1.807) is 4.90 Å². The molecule has 2 aliphatic rings. The minimum atomic E-state index is -0.452. The van der Waals surface area contributed by atoms with Gasteiger partial charge in [-0.1, -0.05) is 13.3 Å². The number of carbonyl (C=O) groups excluding carboxylic acids is 1. The molecule has 0 spiro atoms. The van der Waals surface area contributed by atoms with Crippen LogP contribution < -0.4 is 0 Å². The summed E-state index contributed by atoms with van der Waals surface area (Å²) in [6.07, 6.45) is 4.42. The van der Waals surface area contributed by atoms with Crippen LogP contribution in [0.15, 0.2) is 12.1 Å². The van der Waals surface area contributed by atoms with E-state index in [-0.39, 0.29) is 5.91 Å². The lowest BCUT2D eigenvalue weighted by atomic mass is 9.85. The van der Waals surface area contributed by atoms with E-state index in [9.17, 15) is 9.90 Å². The van der Waals surface area contributed by atoms with Crippen molar-refractivity contribution in [3.8, 4) is 0 Å². The zero-order chi connectivity index (χ0) is 15.5. The highest BCUT2D eigenvalue weighted by atomic mass is 16.3. The van der Waals surface area contributed by atoms with Gasteiger partial charge in [-0.3, -0.25) is 9.69 Å². The minimum Gasteiger partial charge on any atom is -0.390 e. The van der Waals surface area contributed by atoms with Crippen molar-refractivity contribution in [2.45, 2.75) is 38.7 Å². The number of aromatic amines is 1. The Balaban J connectivity index is 1.60. The van der Waals surface area contributed by atoms with Gasteiger partial charge < -0.3 is 15.0 Å². The van der Waals surface area contributed by atoms with Crippen LogP contribution in [0.3, 0.4) is 0 Å². The highest BCUT2D eigenvalue weighted by molar-refractivity contribution is 5.92. The molecule has 2 heterocycles. The van der Waals surface area contributed by atoms with Crippen LogP contribution >= 0.6 is 0 Å². The lowest BCUT2D eigenvalue weighted by molar-refractivity contribution is 0.0653. The van der Waals surface area contributed by atoms with Crippen molar-refractivity contribution < 1.29 is 9.90 Å². The Morgan fingerprint density at radius 3 is 2.77 bits per heavy atom. The number of aliphatic hydroxyl groups excluding tert-OH is 1. The standard InChI is InChI=1S/C17H27N3O2/c1-2-14-6-7-16(18-14)17(22)20-9-8-19(11-15(21)12-20)10-13-4-3-5-13/h6-7,13,15,18,21H,2-5,8-12H2,1H3/t15-/m0/s1. The SMILES string of the molecule is CCc1ccc(C(=O)N2CCN(CC3CCC3)C[C@H](O)C2)[nH]1. The van der Waals surface area contributed by atoms with Crippen molar-refractivity contribution >= 4 is 5.91 Å². The third-order valence-corrected chi connectivity index (χ3v) is 4.97. The number of amides is 1. The first-order valence-corrected chi connectivity index (χ1v) is 8.53. The minimum absolute atomic E-state index is 0.00393. The molecule has 1 aliphatic heterocycles. The van der Waals surface area contributed by atoms with Gasteiger partial charge in [0, 0.05) is 38.4 Å². The maximum Gasteiger partial charge on any atom is 0.270 e. The second kappa shape index (κ2) is 6.84. The van der Waals surface area contributed by atoms with Crippen LogP contribution in [0.2, 0.25) is 0 Å². The average molecular weight is 305 g/mol. The zero-order valence-electron chi connectivity index (χ0n) is 13.4. The van der Waals surface area contributed by atoms with Gasteiger partial charge in [0.05, 0.1) is 6.10 Å². The molecule has 22 heavy (non-hydrogen) atoms. The molecule has 1 saturated carbocycles. The second-order valence-electron chi connectivity index (χ2n) is 6.71. The van der Waals surface area contributed by atoms with Gasteiger partial charge in [0.15, 0.2) is 0 Å². The molecule has 2 N–H and O–H groups in total. The van der Waals surface area contributed by atoms with Crippen molar-refractivity contribution in [2.75, 3.05) is 32.7 Å². The fraction of sp³-hybridized carbons (Fsp3) is 0.706. The van der Waals surface area contributed by atoms with Gasteiger partial charge in [0.2, 0.25) is 0 Å². The number of nitrogens with zero attached hydrogens (tertiary/aromatic N) is 2. The van der Waals surface area contributed by atoms with Crippen LogP contribution in [-0.2, 0) is 6.42 Å². The first-order chi connectivity index (χ1) is 10.7. The van der Waals surface area contributed by atoms with E-state index >= 15 is 0 Å². The molecule has 0 aromatic carbocycles. The van der Waals surface area contributed by atoms with Gasteiger partial charge in [-0.25, -0.2) is 0 Å². The zero-order valence-corrected chi connectivity index (χ0v) is 13.4. The van der Waals surface area contributed by atoms with Crippen LogP contribution in [0, 0.1) is 5.92 Å². The van der Waals surface area contributed by atoms with E-state index in [1.165, 1.54) is 19.3 Å². The van der Waals surface area contributed by atoms with Crippen molar-refractivity contribution in [1.82, 2.24) is 14.8 Å². The van der Waals surface area contributed by atoms with Crippen LogP contribution in [0.1, 0.15) is 42.4 Å². The van der Waals surface area contributed by atoms with E-state index in [4.69, 9.17) is 0 Å². The molecule has 0 bridgehead atoms. The number of aromatic nitrogens is 1. The Morgan fingerprint density at radius 1 is 1.32 bits per heavy atom. The van der Waals surface area contributed by atoms with E-state index in [0.29, 0.717) is 25.3 Å². The predicted molar refractivity (Wildman–Crippen MR) is 85.9 cm³/mol. The molecule has 1 aromatic rings. The number of hydrogen-bond donors (Lipinski definition) is 2. The van der Waals surface area contributed by atoms with E-state index < -0.39 is 6.10 Å². The lowest BCUT2D eigenvalue weighted by Gasteiger charge is -2.32. The Bertz CT molecular complexity index is 510. The molecular formula is C17H27N3O2. The molecule has 3 rings (SSSR count). The molecule has 0 unspecified atom stereocenters. The Labute approximate surface area is 132 Å². The van der Waals surface area contributed by atoms with Gasteiger partial charge in [0.1, 0.15) is 5.69 Å². The van der Waals surface area contributed by atoms with Gasteiger partial charge in [-0.15, -0.1) is 0 Å². The molecule has 1 atom stereocenters. The van der Waals surface area contributed by atoms with Crippen LogP contribution in [0.4, 0.5) is 0 Å². The van der Waals surface area contributed by atoms with Crippen LogP contribution in [0.25, 0.3) is 0 Å². The third kappa shape index (κ3) is 3.52. The topological polar surface area (TPSA) is 59.6 Å². The van der Waals surface area contributed by atoms with Gasteiger partial charge in [0.25, 0.3) is 5.91 Å². The normalized spacial score (nSPS) is 24.1. The molecule has 0 radical (unpaired) electrons. The van der Waals surface area contributed by atoms with Crippen molar-refractivity contribution in [3.63, 3.8) is 0 Å². The molecule has 1 aliphatic carbocycles. The van der Waals surface area contributed by atoms with E-state index in [1.807, 2.05) is 12.1 Å². The van der Waals surface area contributed by atoms with Gasteiger partial charge in [-0.2, -0.15) is 0 Å². The second-order valence-corrected chi connectivity index (χ2v) is 6.71. The summed E-state index contributed by atoms with van der Waals surface area (Å²) < 4.78 is 0. The highest BCUT2D eigenvalue weighted by Gasteiger charge is 2.28. The number of carbonyl (C=O) groups is 1. The summed E-state index contributed by atoms with van der Waals surface area (Å²) in [6, 6.07) is 3.81. The van der Waals surface area contributed by atoms with E-state index in [0.717, 1.165) is 31.1 Å². The quantitative estimate of drug-likeness (QED) is 0.886. The van der Waals surface area contributed by atoms with E-state index in [2.05, 4.69) is 16.8 Å². The number of hydrogen-bond acceptors (Lipinski definition) is 3. The van der Waals surface area contributed by atoms with Crippen LogP contribution in [0.5, 0.6) is 0 Å². The van der Waals surface area contributed by atoms with Crippen molar-refractivity contribution in [3.05, 3.63) is 23.5 Å². The fourth-order valence-electron chi connectivity index (χ4n) is 3.39. The highest BCUT2D eigenvalue weighted by Crippen LogP contribution is 2.27. The molecule has 5 heteroatoms. The number of nitrogens with one attached hydrogen (secondary N) is 1. The first kappa shape index (κ1) is 15.6. The largest absolute Gasteiger partial charge is 0.390 e. The number of H-pyrrole nitrogens is 1. The summed E-state index contributed by atoms with van der Waals surface area (Å²) in [7, 11) is 0. The first-order valence-electron chi connectivity index (χ1n) is 8.53. The number of aliphatic hydroxyl groups is 1. The summed E-state index contributed by atoms with van der Waals surface area (Å²) in [5.41, 5.74) is 1.71.